The van der Waals surface area contributed by atoms with Crippen LogP contribution in [-0.2, 0) is 11.3 Å². The third-order valence-electron chi connectivity index (χ3n) is 1.52. The molecule has 1 aromatic rings. The second kappa shape index (κ2) is 5.24. The Morgan fingerprint density at radius 2 is 2.58 bits per heavy atom. The molecule has 4 heteroatoms. The van der Waals surface area contributed by atoms with Crippen molar-refractivity contribution in [2.24, 2.45) is 0 Å². The zero-order valence-electron chi connectivity index (χ0n) is 7.41. The third-order valence-corrected chi connectivity index (χ3v) is 2.30. The van der Waals surface area contributed by atoms with E-state index in [9.17, 15) is 0 Å². The summed E-state index contributed by atoms with van der Waals surface area (Å²) in [6, 6.07) is 0.400. The lowest BCUT2D eigenvalue weighted by Crippen LogP contribution is -2.29. The van der Waals surface area contributed by atoms with Gasteiger partial charge in [-0.2, -0.15) is 0 Å². The van der Waals surface area contributed by atoms with Gasteiger partial charge in [0.25, 0.3) is 0 Å². The molecule has 1 rings (SSSR count). The molecule has 0 fully saturated rings. The number of nitrogens with zero attached hydrogens (tertiary/aromatic N) is 1. The van der Waals surface area contributed by atoms with Crippen LogP contribution in [0.3, 0.4) is 0 Å². The molecule has 0 aromatic carbocycles. The molecule has 1 N–H and O–H groups in total. The molecule has 0 amide bonds. The van der Waals surface area contributed by atoms with Gasteiger partial charge in [-0.25, -0.2) is 0 Å². The summed E-state index contributed by atoms with van der Waals surface area (Å²) in [6.45, 7) is 3.73. The van der Waals surface area contributed by atoms with Crippen molar-refractivity contribution in [2.75, 3.05) is 13.7 Å². The summed E-state index contributed by atoms with van der Waals surface area (Å²) in [7, 11) is 1.71. The number of hydrogen-bond acceptors (Lipinski definition) is 4. The van der Waals surface area contributed by atoms with E-state index < -0.39 is 0 Å². The zero-order chi connectivity index (χ0) is 8.81. The van der Waals surface area contributed by atoms with Crippen molar-refractivity contribution in [1.29, 1.82) is 0 Å². The van der Waals surface area contributed by atoms with E-state index in [0.717, 1.165) is 13.2 Å². The van der Waals surface area contributed by atoms with E-state index in [4.69, 9.17) is 4.74 Å². The van der Waals surface area contributed by atoms with Crippen molar-refractivity contribution in [3.05, 3.63) is 16.6 Å². The molecule has 0 radical (unpaired) electrons. The topological polar surface area (TPSA) is 34.1 Å². The molecule has 12 heavy (non-hydrogen) atoms. The van der Waals surface area contributed by atoms with E-state index in [1.807, 2.05) is 11.7 Å². The minimum Gasteiger partial charge on any atom is -0.383 e. The fourth-order valence-corrected chi connectivity index (χ4v) is 1.46. The maximum Gasteiger partial charge on any atom is 0.0794 e. The van der Waals surface area contributed by atoms with E-state index in [-0.39, 0.29) is 0 Å². The van der Waals surface area contributed by atoms with Gasteiger partial charge in [0.2, 0.25) is 0 Å². The smallest absolute Gasteiger partial charge is 0.0794 e. The fraction of sp³-hybridized carbons (Fsp3) is 0.625. The summed E-state index contributed by atoms with van der Waals surface area (Å²) in [5.74, 6) is 0. The van der Waals surface area contributed by atoms with Gasteiger partial charge in [-0.15, -0.1) is 11.3 Å². The predicted molar refractivity (Wildman–Crippen MR) is 50.3 cm³/mol. The number of ether oxygens (including phenoxy) is 1. The Morgan fingerprint density at radius 1 is 1.75 bits per heavy atom. The molecule has 1 heterocycles. The average Bonchev–Trinajstić information content (AvgIpc) is 2.53. The lowest BCUT2D eigenvalue weighted by Gasteiger charge is -2.10. The van der Waals surface area contributed by atoms with Crippen molar-refractivity contribution in [3.8, 4) is 0 Å². The van der Waals surface area contributed by atoms with E-state index in [1.165, 1.54) is 4.88 Å². The van der Waals surface area contributed by atoms with Gasteiger partial charge in [0.15, 0.2) is 0 Å². The molecular formula is C8H14N2OS. The average molecular weight is 186 g/mol. The molecule has 68 valence electrons. The van der Waals surface area contributed by atoms with Crippen LogP contribution in [0.15, 0.2) is 11.7 Å². The van der Waals surface area contributed by atoms with E-state index in [2.05, 4.69) is 17.2 Å². The lowest BCUT2D eigenvalue weighted by molar-refractivity contribution is 0.172. The number of methoxy groups -OCH3 is 1. The minimum absolute atomic E-state index is 0.400. The predicted octanol–water partition coefficient (Wildman–Crippen LogP) is 1.27. The normalized spacial score (nSPS) is 13.2. The first-order chi connectivity index (χ1) is 5.83. The monoisotopic (exact) mass is 186 g/mol. The Hall–Kier alpha value is -0.450. The van der Waals surface area contributed by atoms with Gasteiger partial charge >= 0.3 is 0 Å². The van der Waals surface area contributed by atoms with Gasteiger partial charge < -0.3 is 10.1 Å². The summed E-state index contributed by atoms with van der Waals surface area (Å²) in [5.41, 5.74) is 1.85. The summed E-state index contributed by atoms with van der Waals surface area (Å²) in [5, 5.41) is 3.33. The molecule has 0 unspecified atom stereocenters. The van der Waals surface area contributed by atoms with Crippen molar-refractivity contribution in [2.45, 2.75) is 19.5 Å². The van der Waals surface area contributed by atoms with Crippen LogP contribution < -0.4 is 5.32 Å². The molecule has 0 saturated carbocycles. The van der Waals surface area contributed by atoms with Gasteiger partial charge in [-0.3, -0.25) is 4.98 Å². The molecule has 0 saturated heterocycles. The number of hydrogen-bond donors (Lipinski definition) is 1. The lowest BCUT2D eigenvalue weighted by atomic mass is 10.3. The third kappa shape index (κ3) is 3.30. The maximum absolute atomic E-state index is 5.00. The summed E-state index contributed by atoms with van der Waals surface area (Å²) >= 11 is 1.67. The summed E-state index contributed by atoms with van der Waals surface area (Å²) in [4.78, 5) is 5.26. The number of nitrogens with one attached hydrogen (secondary N) is 1. The SMILES string of the molecule is COC[C@H](C)NCc1cncs1. The molecular weight excluding hydrogens is 172 g/mol. The van der Waals surface area contributed by atoms with Crippen LogP contribution >= 0.6 is 11.3 Å². The highest BCUT2D eigenvalue weighted by Gasteiger charge is 2.00. The molecule has 1 atom stereocenters. The van der Waals surface area contributed by atoms with E-state index in [0.29, 0.717) is 6.04 Å². The molecule has 0 aliphatic rings. The van der Waals surface area contributed by atoms with Crippen LogP contribution in [0, 0.1) is 0 Å². The Balaban J connectivity index is 2.17. The van der Waals surface area contributed by atoms with Crippen molar-refractivity contribution >= 4 is 11.3 Å². The minimum atomic E-state index is 0.400. The summed E-state index contributed by atoms with van der Waals surface area (Å²) < 4.78 is 5.00. The number of rotatable bonds is 5. The van der Waals surface area contributed by atoms with Crippen LogP contribution in [-0.4, -0.2) is 24.7 Å². The molecule has 0 bridgehead atoms. The quantitative estimate of drug-likeness (QED) is 0.752. The molecule has 1 aromatic heterocycles. The molecule has 3 nitrogen and oxygen atoms in total. The molecule has 0 aliphatic carbocycles. The van der Waals surface area contributed by atoms with Crippen LogP contribution in [0.4, 0.5) is 0 Å². The van der Waals surface area contributed by atoms with Crippen molar-refractivity contribution in [1.82, 2.24) is 10.3 Å². The van der Waals surface area contributed by atoms with E-state index in [1.54, 1.807) is 18.4 Å². The van der Waals surface area contributed by atoms with Gasteiger partial charge in [0, 0.05) is 30.8 Å². The van der Waals surface area contributed by atoms with Crippen LogP contribution in [0.25, 0.3) is 0 Å². The van der Waals surface area contributed by atoms with E-state index >= 15 is 0 Å². The fourth-order valence-electron chi connectivity index (χ4n) is 0.913. The summed E-state index contributed by atoms with van der Waals surface area (Å²) in [6.07, 6.45) is 1.89. The highest BCUT2D eigenvalue weighted by atomic mass is 32.1. The highest BCUT2D eigenvalue weighted by Crippen LogP contribution is 2.04. The Labute approximate surface area is 76.8 Å². The second-order valence-corrected chi connectivity index (χ2v) is 3.68. The van der Waals surface area contributed by atoms with Crippen LogP contribution in [0.1, 0.15) is 11.8 Å². The number of aromatic nitrogens is 1. The number of thiazole rings is 1. The van der Waals surface area contributed by atoms with Gasteiger partial charge in [-0.05, 0) is 6.92 Å². The Kier molecular flexibility index (Phi) is 4.21. The second-order valence-electron chi connectivity index (χ2n) is 2.71. The first kappa shape index (κ1) is 9.64. The van der Waals surface area contributed by atoms with Crippen LogP contribution in [0.5, 0.6) is 0 Å². The first-order valence-electron chi connectivity index (χ1n) is 3.92. The maximum atomic E-state index is 5.00. The largest absolute Gasteiger partial charge is 0.383 e. The standard InChI is InChI=1S/C8H14N2OS/c1-7(5-11-2)10-4-8-3-9-6-12-8/h3,6-7,10H,4-5H2,1-2H3/t7-/m0/s1. The Bertz CT molecular complexity index is 201. The van der Waals surface area contributed by atoms with Crippen molar-refractivity contribution < 1.29 is 4.74 Å². The van der Waals surface area contributed by atoms with Crippen LogP contribution in [0.2, 0.25) is 0 Å². The zero-order valence-corrected chi connectivity index (χ0v) is 8.23. The highest BCUT2D eigenvalue weighted by molar-refractivity contribution is 7.09. The molecule has 0 aliphatic heterocycles. The first-order valence-corrected chi connectivity index (χ1v) is 4.80. The van der Waals surface area contributed by atoms with Crippen molar-refractivity contribution in [3.63, 3.8) is 0 Å². The van der Waals surface area contributed by atoms with Gasteiger partial charge in [-0.1, -0.05) is 0 Å². The Morgan fingerprint density at radius 3 is 3.17 bits per heavy atom. The van der Waals surface area contributed by atoms with Gasteiger partial charge in [0.05, 0.1) is 12.1 Å². The van der Waals surface area contributed by atoms with Gasteiger partial charge in [0.1, 0.15) is 0 Å². The molecule has 0 spiro atoms.